The smallest absolute Gasteiger partial charge is 0.408 e. The van der Waals surface area contributed by atoms with Gasteiger partial charge in [-0.05, 0) is 26.3 Å². The quantitative estimate of drug-likeness (QED) is 0.786. The molecule has 0 saturated carbocycles. The fourth-order valence-corrected chi connectivity index (χ4v) is 1.99. The van der Waals surface area contributed by atoms with Crippen LogP contribution in [0.15, 0.2) is 30.3 Å². The molecule has 0 aliphatic carbocycles. The molecule has 0 heterocycles. The van der Waals surface area contributed by atoms with Crippen molar-refractivity contribution in [2.75, 3.05) is 6.61 Å². The molecule has 2 N–H and O–H groups in total. The number of esters is 1. The zero-order valence-electron chi connectivity index (χ0n) is 14.0. The predicted molar refractivity (Wildman–Crippen MR) is 85.8 cm³/mol. The van der Waals surface area contributed by atoms with E-state index in [1.54, 1.807) is 32.9 Å². The van der Waals surface area contributed by atoms with Gasteiger partial charge in [0.05, 0.1) is 18.8 Å². The van der Waals surface area contributed by atoms with Crippen LogP contribution in [-0.2, 0) is 14.3 Å². The van der Waals surface area contributed by atoms with E-state index in [1.165, 1.54) is 6.92 Å². The van der Waals surface area contributed by atoms with Crippen LogP contribution in [0.3, 0.4) is 0 Å². The van der Waals surface area contributed by atoms with Crippen molar-refractivity contribution in [1.29, 1.82) is 0 Å². The van der Waals surface area contributed by atoms with Gasteiger partial charge in [-0.2, -0.15) is 0 Å². The number of alkyl carbamates (subject to hydrolysis) is 1. The Morgan fingerprint density at radius 1 is 1.22 bits per heavy atom. The number of amides is 1. The Morgan fingerprint density at radius 3 is 2.35 bits per heavy atom. The van der Waals surface area contributed by atoms with Crippen molar-refractivity contribution in [2.24, 2.45) is 0 Å². The average molecular weight is 323 g/mol. The summed E-state index contributed by atoms with van der Waals surface area (Å²) in [5, 5.41) is 13.0. The van der Waals surface area contributed by atoms with Crippen LogP contribution in [-0.4, -0.2) is 35.5 Å². The van der Waals surface area contributed by atoms with Crippen molar-refractivity contribution in [2.45, 2.75) is 51.9 Å². The highest BCUT2D eigenvalue weighted by Crippen LogP contribution is 2.20. The first-order chi connectivity index (χ1) is 10.7. The fourth-order valence-electron chi connectivity index (χ4n) is 1.99. The Morgan fingerprint density at radius 2 is 1.83 bits per heavy atom. The Labute approximate surface area is 136 Å². The zero-order valence-corrected chi connectivity index (χ0v) is 14.0. The summed E-state index contributed by atoms with van der Waals surface area (Å²) in [6.07, 6.45) is -1.32. The summed E-state index contributed by atoms with van der Waals surface area (Å²) in [4.78, 5) is 22.8. The highest BCUT2D eigenvalue weighted by molar-refractivity contribution is 5.68. The summed E-state index contributed by atoms with van der Waals surface area (Å²) >= 11 is 0. The molecular weight excluding hydrogens is 298 g/mol. The minimum absolute atomic E-state index is 0.0792. The normalized spacial score (nSPS) is 13.8. The topological polar surface area (TPSA) is 84.9 Å². The molecule has 2 atom stereocenters. The lowest BCUT2D eigenvalue weighted by Gasteiger charge is -2.27. The third kappa shape index (κ3) is 7.65. The van der Waals surface area contributed by atoms with E-state index in [9.17, 15) is 14.7 Å². The number of carbonyl (C=O) groups excluding carboxylic acids is 2. The molecular formula is C17H25NO5. The molecule has 0 fully saturated rings. The van der Waals surface area contributed by atoms with Crippen molar-refractivity contribution in [1.82, 2.24) is 5.32 Å². The Hall–Kier alpha value is -2.08. The lowest BCUT2D eigenvalue weighted by Crippen LogP contribution is -2.40. The number of aliphatic hydroxyl groups is 1. The van der Waals surface area contributed by atoms with E-state index < -0.39 is 29.8 Å². The Kier molecular flexibility index (Phi) is 7.03. The van der Waals surface area contributed by atoms with Gasteiger partial charge >= 0.3 is 12.1 Å². The van der Waals surface area contributed by atoms with Crippen molar-refractivity contribution in [3.8, 4) is 0 Å². The van der Waals surface area contributed by atoms with Gasteiger partial charge in [-0.3, -0.25) is 4.79 Å². The second kappa shape index (κ2) is 8.53. The zero-order chi connectivity index (χ0) is 17.5. The first-order valence-electron chi connectivity index (χ1n) is 7.55. The van der Waals surface area contributed by atoms with Crippen LogP contribution in [0, 0.1) is 0 Å². The third-order valence-corrected chi connectivity index (χ3v) is 2.93. The molecule has 1 amide bonds. The molecule has 0 radical (unpaired) electrons. The van der Waals surface area contributed by atoms with E-state index in [2.05, 4.69) is 5.32 Å². The SMILES string of the molecule is CC(=O)OCCC(O)C(NC(=O)OC(C)(C)C)c1ccccc1. The maximum atomic E-state index is 12.0. The number of aliphatic hydroxyl groups excluding tert-OH is 1. The van der Waals surface area contributed by atoms with Crippen LogP contribution >= 0.6 is 0 Å². The molecule has 1 aromatic carbocycles. The first-order valence-corrected chi connectivity index (χ1v) is 7.55. The number of hydrogen-bond donors (Lipinski definition) is 2. The molecule has 0 spiro atoms. The van der Waals surface area contributed by atoms with Crippen LogP contribution < -0.4 is 5.32 Å². The van der Waals surface area contributed by atoms with Crippen LogP contribution in [0.5, 0.6) is 0 Å². The van der Waals surface area contributed by atoms with Crippen LogP contribution in [0.1, 0.15) is 45.7 Å². The monoisotopic (exact) mass is 323 g/mol. The fraction of sp³-hybridized carbons (Fsp3) is 0.529. The maximum absolute atomic E-state index is 12.0. The van der Waals surface area contributed by atoms with Crippen molar-refractivity contribution < 1.29 is 24.2 Å². The van der Waals surface area contributed by atoms with Crippen molar-refractivity contribution in [3.63, 3.8) is 0 Å². The average Bonchev–Trinajstić information content (AvgIpc) is 2.43. The van der Waals surface area contributed by atoms with E-state index in [-0.39, 0.29) is 13.0 Å². The second-order valence-electron chi connectivity index (χ2n) is 6.23. The molecule has 128 valence electrons. The summed E-state index contributed by atoms with van der Waals surface area (Å²) < 4.78 is 10.1. The number of rotatable bonds is 6. The molecule has 0 aromatic heterocycles. The van der Waals surface area contributed by atoms with Crippen LogP contribution in [0.25, 0.3) is 0 Å². The van der Waals surface area contributed by atoms with Gasteiger partial charge in [0.1, 0.15) is 5.60 Å². The highest BCUT2D eigenvalue weighted by atomic mass is 16.6. The Balaban J connectivity index is 2.77. The van der Waals surface area contributed by atoms with Crippen molar-refractivity contribution >= 4 is 12.1 Å². The lowest BCUT2D eigenvalue weighted by molar-refractivity contribution is -0.141. The summed E-state index contributed by atoms with van der Waals surface area (Å²) in [6.45, 7) is 6.68. The second-order valence-corrected chi connectivity index (χ2v) is 6.23. The molecule has 2 unspecified atom stereocenters. The molecule has 0 saturated heterocycles. The standard InChI is InChI=1S/C17H25NO5/c1-12(19)22-11-10-14(20)15(13-8-6-5-7-9-13)18-16(21)23-17(2,3)4/h5-9,14-15,20H,10-11H2,1-4H3,(H,18,21). The van der Waals surface area contributed by atoms with E-state index in [0.717, 1.165) is 5.56 Å². The number of nitrogens with one attached hydrogen (secondary N) is 1. The Bertz CT molecular complexity index is 509. The summed E-state index contributed by atoms with van der Waals surface area (Å²) in [7, 11) is 0. The summed E-state index contributed by atoms with van der Waals surface area (Å²) in [5.41, 5.74) is 0.113. The van der Waals surface area contributed by atoms with Gasteiger partial charge in [0.25, 0.3) is 0 Å². The number of benzene rings is 1. The molecule has 6 nitrogen and oxygen atoms in total. The molecule has 0 bridgehead atoms. The van der Waals surface area contributed by atoms with Gasteiger partial charge in [0.15, 0.2) is 0 Å². The van der Waals surface area contributed by atoms with Gasteiger partial charge in [-0.15, -0.1) is 0 Å². The molecule has 6 heteroatoms. The summed E-state index contributed by atoms with van der Waals surface area (Å²) in [5.74, 6) is -0.409. The van der Waals surface area contributed by atoms with E-state index >= 15 is 0 Å². The van der Waals surface area contributed by atoms with Gasteiger partial charge in [0.2, 0.25) is 0 Å². The lowest BCUT2D eigenvalue weighted by atomic mass is 9.99. The van der Waals surface area contributed by atoms with Gasteiger partial charge in [0, 0.05) is 13.3 Å². The number of ether oxygens (including phenoxy) is 2. The van der Waals surface area contributed by atoms with Crippen LogP contribution in [0.4, 0.5) is 4.79 Å². The van der Waals surface area contributed by atoms with Crippen LogP contribution in [0.2, 0.25) is 0 Å². The number of carbonyl (C=O) groups is 2. The molecule has 0 aliphatic heterocycles. The van der Waals surface area contributed by atoms with Gasteiger partial charge in [-0.25, -0.2) is 4.79 Å². The maximum Gasteiger partial charge on any atom is 0.408 e. The molecule has 1 rings (SSSR count). The third-order valence-electron chi connectivity index (χ3n) is 2.93. The van der Waals surface area contributed by atoms with Gasteiger partial charge < -0.3 is 19.9 Å². The number of hydrogen-bond acceptors (Lipinski definition) is 5. The molecule has 23 heavy (non-hydrogen) atoms. The van der Waals surface area contributed by atoms with Gasteiger partial charge in [-0.1, -0.05) is 30.3 Å². The first kappa shape index (κ1) is 19.0. The van der Waals surface area contributed by atoms with Crippen molar-refractivity contribution in [3.05, 3.63) is 35.9 Å². The van der Waals surface area contributed by atoms with E-state index in [0.29, 0.717) is 0 Å². The molecule has 1 aromatic rings. The van der Waals surface area contributed by atoms with E-state index in [4.69, 9.17) is 9.47 Å². The minimum Gasteiger partial charge on any atom is -0.466 e. The largest absolute Gasteiger partial charge is 0.466 e. The predicted octanol–water partition coefficient (Wildman–Crippen LogP) is 2.57. The highest BCUT2D eigenvalue weighted by Gasteiger charge is 2.26. The minimum atomic E-state index is -0.913. The molecule has 0 aliphatic rings. The summed E-state index contributed by atoms with van der Waals surface area (Å²) in [6, 6.07) is 8.44. The van der Waals surface area contributed by atoms with E-state index in [1.807, 2.05) is 18.2 Å².